The van der Waals surface area contributed by atoms with Crippen molar-refractivity contribution in [1.29, 1.82) is 0 Å². The number of nitrogens with one attached hydrogen (secondary N) is 2. The Morgan fingerprint density at radius 3 is 2.05 bits per heavy atom. The van der Waals surface area contributed by atoms with Crippen LogP contribution in [-0.2, 0) is 25.7 Å². The second-order valence-corrected chi connectivity index (χ2v) is 11.5. The highest BCUT2D eigenvalue weighted by molar-refractivity contribution is 5.93. The van der Waals surface area contributed by atoms with Crippen LogP contribution >= 0.6 is 0 Å². The summed E-state index contributed by atoms with van der Waals surface area (Å²) >= 11 is 0. The third-order valence-electron chi connectivity index (χ3n) is 5.93. The van der Waals surface area contributed by atoms with Gasteiger partial charge in [0.25, 0.3) is 0 Å². The number of aryl methyl sites for hydroxylation is 1. The molecule has 0 aliphatic rings. The highest BCUT2D eigenvalue weighted by atomic mass is 16.6. The van der Waals surface area contributed by atoms with Gasteiger partial charge < -0.3 is 26.0 Å². The maximum absolute atomic E-state index is 14.2. The molecule has 2 unspecified atom stereocenters. The van der Waals surface area contributed by atoms with E-state index < -0.39 is 41.1 Å². The lowest BCUT2D eigenvalue weighted by Crippen LogP contribution is -2.58. The molecule has 2 aromatic rings. The predicted molar refractivity (Wildman–Crippen MR) is 150 cm³/mol. The number of carbonyl (C=O) groups excluding carboxylic acids is 4. The van der Waals surface area contributed by atoms with Crippen molar-refractivity contribution >= 4 is 23.8 Å². The molecule has 0 saturated heterocycles. The van der Waals surface area contributed by atoms with Crippen molar-refractivity contribution in [1.82, 2.24) is 15.5 Å². The largest absolute Gasteiger partial charge is 0.444 e. The summed E-state index contributed by atoms with van der Waals surface area (Å²) in [6.45, 7) is 12.7. The zero-order chi connectivity index (χ0) is 29.4. The van der Waals surface area contributed by atoms with Crippen LogP contribution in [0.4, 0.5) is 4.79 Å². The van der Waals surface area contributed by atoms with Crippen molar-refractivity contribution in [2.45, 2.75) is 91.1 Å². The standard InChI is InChI=1S/C30H42N4O5/c1-20-13-11-12-16-22(20)25(26(36)32-19-21-14-9-8-10-15-21)34(29(2,3)4)27(37)23(17-18-24(31)35)33-28(38)39-30(5,6)7/h8-16,23,25H,17-19H2,1-7H3,(H2,31,35)(H,32,36)(H,33,38). The van der Waals surface area contributed by atoms with Gasteiger partial charge >= 0.3 is 6.09 Å². The summed E-state index contributed by atoms with van der Waals surface area (Å²) in [5, 5.41) is 5.58. The fraction of sp³-hybridized carbons (Fsp3) is 0.467. The molecule has 2 atom stereocenters. The van der Waals surface area contributed by atoms with Gasteiger partial charge in [0.05, 0.1) is 0 Å². The lowest BCUT2D eigenvalue weighted by atomic mass is 9.92. The summed E-state index contributed by atoms with van der Waals surface area (Å²) in [6, 6.07) is 14.7. The molecule has 212 valence electrons. The van der Waals surface area contributed by atoms with Crippen molar-refractivity contribution in [3.05, 3.63) is 71.3 Å². The SMILES string of the molecule is Cc1ccccc1C(C(=O)NCc1ccccc1)N(C(=O)C(CCC(N)=O)NC(=O)OC(C)(C)C)C(C)(C)C. The summed E-state index contributed by atoms with van der Waals surface area (Å²) in [5.41, 5.74) is 6.11. The number of amides is 4. The van der Waals surface area contributed by atoms with Crippen LogP contribution < -0.4 is 16.4 Å². The molecule has 0 aliphatic carbocycles. The maximum Gasteiger partial charge on any atom is 0.408 e. The minimum absolute atomic E-state index is 0.0495. The Morgan fingerprint density at radius 2 is 1.51 bits per heavy atom. The first-order valence-electron chi connectivity index (χ1n) is 13.1. The van der Waals surface area contributed by atoms with E-state index in [1.807, 2.05) is 82.3 Å². The normalized spacial score (nSPS) is 13.1. The van der Waals surface area contributed by atoms with Crippen LogP contribution in [0.15, 0.2) is 54.6 Å². The maximum atomic E-state index is 14.2. The van der Waals surface area contributed by atoms with E-state index in [0.717, 1.165) is 11.1 Å². The van der Waals surface area contributed by atoms with E-state index in [9.17, 15) is 19.2 Å². The van der Waals surface area contributed by atoms with Gasteiger partial charge in [-0.3, -0.25) is 14.4 Å². The Morgan fingerprint density at radius 1 is 0.923 bits per heavy atom. The number of carbonyl (C=O) groups is 4. The van der Waals surface area contributed by atoms with Gasteiger partial charge in [0.15, 0.2) is 0 Å². The quantitative estimate of drug-likeness (QED) is 0.419. The van der Waals surface area contributed by atoms with E-state index in [4.69, 9.17) is 10.5 Å². The van der Waals surface area contributed by atoms with Crippen molar-refractivity contribution in [2.24, 2.45) is 5.73 Å². The second-order valence-electron chi connectivity index (χ2n) is 11.5. The first kappa shape index (κ1) is 31.3. The molecule has 0 radical (unpaired) electrons. The molecule has 9 heteroatoms. The summed E-state index contributed by atoms with van der Waals surface area (Å²) in [4.78, 5) is 53.9. The van der Waals surface area contributed by atoms with Gasteiger partial charge in [-0.2, -0.15) is 0 Å². The van der Waals surface area contributed by atoms with Crippen LogP contribution in [-0.4, -0.2) is 45.9 Å². The molecule has 2 aromatic carbocycles. The van der Waals surface area contributed by atoms with Crippen molar-refractivity contribution in [2.75, 3.05) is 0 Å². The van der Waals surface area contributed by atoms with Gasteiger partial charge in [-0.1, -0.05) is 54.6 Å². The van der Waals surface area contributed by atoms with E-state index in [-0.39, 0.29) is 25.3 Å². The number of ether oxygens (including phenoxy) is 1. The van der Waals surface area contributed by atoms with E-state index in [2.05, 4.69) is 10.6 Å². The molecule has 0 aromatic heterocycles. The first-order valence-corrected chi connectivity index (χ1v) is 13.1. The molecule has 4 N–H and O–H groups in total. The summed E-state index contributed by atoms with van der Waals surface area (Å²) in [7, 11) is 0. The Labute approximate surface area is 231 Å². The van der Waals surface area contributed by atoms with Crippen molar-refractivity contribution in [3.63, 3.8) is 0 Å². The van der Waals surface area contributed by atoms with Gasteiger partial charge in [0, 0.05) is 18.5 Å². The molecular weight excluding hydrogens is 496 g/mol. The number of hydrogen-bond acceptors (Lipinski definition) is 5. The van der Waals surface area contributed by atoms with E-state index >= 15 is 0 Å². The minimum Gasteiger partial charge on any atom is -0.444 e. The molecule has 9 nitrogen and oxygen atoms in total. The average Bonchev–Trinajstić information content (AvgIpc) is 2.82. The van der Waals surface area contributed by atoms with E-state index in [0.29, 0.717) is 5.56 Å². The molecule has 0 saturated carbocycles. The van der Waals surface area contributed by atoms with Crippen molar-refractivity contribution < 1.29 is 23.9 Å². The molecule has 4 amide bonds. The molecule has 39 heavy (non-hydrogen) atoms. The second kappa shape index (κ2) is 13.3. The lowest BCUT2D eigenvalue weighted by molar-refractivity contribution is -0.148. The summed E-state index contributed by atoms with van der Waals surface area (Å²) < 4.78 is 5.37. The zero-order valence-electron chi connectivity index (χ0n) is 24.0. The number of alkyl carbamates (subject to hydrolysis) is 1. The van der Waals surface area contributed by atoms with Gasteiger partial charge in [-0.15, -0.1) is 0 Å². The number of primary amides is 1. The first-order chi connectivity index (χ1) is 18.1. The fourth-order valence-electron chi connectivity index (χ4n) is 4.18. The molecule has 0 heterocycles. The van der Waals surface area contributed by atoms with Crippen LogP contribution in [0.3, 0.4) is 0 Å². The molecule has 0 bridgehead atoms. The van der Waals surface area contributed by atoms with Crippen molar-refractivity contribution in [3.8, 4) is 0 Å². The van der Waals surface area contributed by atoms with Gasteiger partial charge in [0.2, 0.25) is 17.7 Å². The van der Waals surface area contributed by atoms with Gasteiger partial charge in [0.1, 0.15) is 17.7 Å². The summed E-state index contributed by atoms with van der Waals surface area (Å²) in [5.74, 6) is -1.52. The molecule has 0 spiro atoms. The number of hydrogen-bond donors (Lipinski definition) is 3. The highest BCUT2D eigenvalue weighted by Crippen LogP contribution is 2.32. The predicted octanol–water partition coefficient (Wildman–Crippen LogP) is 4.14. The third-order valence-corrected chi connectivity index (χ3v) is 5.93. The molecule has 2 rings (SSSR count). The van der Waals surface area contributed by atoms with Crippen LogP contribution in [0.1, 0.15) is 77.1 Å². The summed E-state index contributed by atoms with van der Waals surface area (Å²) in [6.07, 6.45) is -0.994. The Kier molecular flexibility index (Phi) is 10.7. The third kappa shape index (κ3) is 9.74. The van der Waals surface area contributed by atoms with Crippen LogP contribution in [0.5, 0.6) is 0 Å². The number of nitrogens with two attached hydrogens (primary N) is 1. The highest BCUT2D eigenvalue weighted by Gasteiger charge is 2.42. The fourth-order valence-corrected chi connectivity index (χ4v) is 4.18. The van der Waals surface area contributed by atoms with E-state index in [1.54, 1.807) is 20.8 Å². The topological polar surface area (TPSA) is 131 Å². The van der Waals surface area contributed by atoms with Crippen LogP contribution in [0.2, 0.25) is 0 Å². The van der Waals surface area contributed by atoms with Gasteiger partial charge in [-0.05, 0) is 71.6 Å². The number of benzene rings is 2. The molecule has 0 fully saturated rings. The van der Waals surface area contributed by atoms with Gasteiger partial charge in [-0.25, -0.2) is 4.79 Å². The van der Waals surface area contributed by atoms with Crippen LogP contribution in [0, 0.1) is 6.92 Å². The number of nitrogens with zero attached hydrogens (tertiary/aromatic N) is 1. The lowest BCUT2D eigenvalue weighted by Gasteiger charge is -2.43. The Hall–Kier alpha value is -3.88. The smallest absolute Gasteiger partial charge is 0.408 e. The molecular formula is C30H42N4O5. The Bertz CT molecular complexity index is 1150. The minimum atomic E-state index is -1.15. The van der Waals surface area contributed by atoms with Crippen LogP contribution in [0.25, 0.3) is 0 Å². The monoisotopic (exact) mass is 538 g/mol. The zero-order valence-corrected chi connectivity index (χ0v) is 24.0. The Balaban J connectivity index is 2.53. The average molecular weight is 539 g/mol. The van der Waals surface area contributed by atoms with E-state index in [1.165, 1.54) is 4.90 Å². The number of rotatable bonds is 10. The molecule has 0 aliphatic heterocycles.